The van der Waals surface area contributed by atoms with E-state index < -0.39 is 0 Å². The molecule has 2 rings (SSSR count). The van der Waals surface area contributed by atoms with Gasteiger partial charge in [-0.05, 0) is 17.7 Å². The molecule has 0 aliphatic rings. The van der Waals surface area contributed by atoms with Crippen LogP contribution in [-0.2, 0) is 0 Å². The molecule has 0 saturated carbocycles. The number of hydrogen-bond donors (Lipinski definition) is 0. The first kappa shape index (κ1) is 8.10. The Morgan fingerprint density at radius 2 is 1.92 bits per heavy atom. The molecule has 1 aromatic heterocycles. The van der Waals surface area contributed by atoms with Crippen molar-refractivity contribution in [3.63, 3.8) is 0 Å². The van der Waals surface area contributed by atoms with Crippen molar-refractivity contribution < 1.29 is 0 Å². The quantitative estimate of drug-likeness (QED) is 0.505. The molecule has 0 unspecified atom stereocenters. The number of benzene rings is 1. The van der Waals surface area contributed by atoms with E-state index in [0.717, 1.165) is 3.82 Å². The van der Waals surface area contributed by atoms with Crippen LogP contribution in [0, 0.1) is 9.89 Å². The number of hydrogen-bond acceptors (Lipinski definition) is 3. The third kappa shape index (κ3) is 1.63. The zero-order valence-electron chi connectivity index (χ0n) is 6.11. The molecule has 0 fully saturated rings. The standard InChI is InChI=1S/C9H5S3/c10-9-6-8(11-12-9)7-4-2-1-3-5-7/h2-6H. The molecular formula is C9H5S3. The maximum absolute atomic E-state index is 5.05. The average molecular weight is 209 g/mol. The summed E-state index contributed by atoms with van der Waals surface area (Å²) in [6.07, 6.45) is 0. The third-order valence-electron chi connectivity index (χ3n) is 1.47. The van der Waals surface area contributed by atoms with Gasteiger partial charge < -0.3 is 0 Å². The summed E-state index contributed by atoms with van der Waals surface area (Å²) in [5.41, 5.74) is 1.23. The summed E-state index contributed by atoms with van der Waals surface area (Å²) in [6, 6.07) is 13.0. The fourth-order valence-electron chi connectivity index (χ4n) is 0.924. The van der Waals surface area contributed by atoms with Gasteiger partial charge in [-0.1, -0.05) is 57.2 Å². The summed E-state index contributed by atoms with van der Waals surface area (Å²) in [6.45, 7) is 0. The van der Waals surface area contributed by atoms with Gasteiger partial charge in [0.1, 0.15) is 3.82 Å². The molecule has 3 heteroatoms. The zero-order valence-corrected chi connectivity index (χ0v) is 8.56. The van der Waals surface area contributed by atoms with Gasteiger partial charge in [0.05, 0.1) is 0 Å². The number of rotatable bonds is 1. The van der Waals surface area contributed by atoms with Crippen molar-refractivity contribution in [1.82, 2.24) is 0 Å². The van der Waals surface area contributed by atoms with Crippen LogP contribution in [0.3, 0.4) is 0 Å². The Balaban J connectivity index is 2.51. The van der Waals surface area contributed by atoms with Crippen molar-refractivity contribution in [1.29, 1.82) is 0 Å². The minimum Gasteiger partial charge on any atom is -0.0786 e. The van der Waals surface area contributed by atoms with Crippen LogP contribution in [0.2, 0.25) is 0 Å². The first-order chi connectivity index (χ1) is 5.86. The summed E-state index contributed by atoms with van der Waals surface area (Å²) in [5, 5.41) is 0. The summed E-state index contributed by atoms with van der Waals surface area (Å²) >= 11 is 5.05. The van der Waals surface area contributed by atoms with Crippen molar-refractivity contribution in [3.8, 4) is 10.4 Å². The topological polar surface area (TPSA) is 0 Å². The zero-order chi connectivity index (χ0) is 8.39. The van der Waals surface area contributed by atoms with Crippen molar-refractivity contribution >= 4 is 32.9 Å². The van der Waals surface area contributed by atoms with Gasteiger partial charge in [0.25, 0.3) is 0 Å². The lowest BCUT2D eigenvalue weighted by Crippen LogP contribution is -1.67. The van der Waals surface area contributed by atoms with Crippen molar-refractivity contribution in [2.75, 3.05) is 0 Å². The van der Waals surface area contributed by atoms with Crippen LogP contribution < -0.4 is 0 Å². The lowest BCUT2D eigenvalue weighted by Gasteiger charge is -1.92. The maximum atomic E-state index is 5.05. The van der Waals surface area contributed by atoms with Crippen LogP contribution in [-0.4, -0.2) is 0 Å². The van der Waals surface area contributed by atoms with E-state index in [1.54, 1.807) is 20.7 Å². The predicted octanol–water partition coefficient (Wildman–Crippen LogP) is 4.01. The predicted molar refractivity (Wildman–Crippen MR) is 57.3 cm³/mol. The summed E-state index contributed by atoms with van der Waals surface area (Å²) < 4.78 is 0.961. The molecule has 12 heavy (non-hydrogen) atoms. The fourth-order valence-corrected chi connectivity index (χ4v) is 3.33. The van der Waals surface area contributed by atoms with Crippen LogP contribution in [0.4, 0.5) is 0 Å². The highest BCUT2D eigenvalue weighted by atomic mass is 32.9. The molecule has 0 spiro atoms. The van der Waals surface area contributed by atoms with Gasteiger partial charge in [0, 0.05) is 4.88 Å². The van der Waals surface area contributed by atoms with E-state index in [9.17, 15) is 0 Å². The minimum absolute atomic E-state index is 0.961. The Bertz CT molecular complexity index is 411. The molecule has 0 aliphatic heterocycles. The molecule has 0 saturated heterocycles. The molecule has 1 aromatic carbocycles. The highest BCUT2D eigenvalue weighted by Gasteiger charge is 1.97. The van der Waals surface area contributed by atoms with E-state index in [0.29, 0.717) is 0 Å². The summed E-state index contributed by atoms with van der Waals surface area (Å²) in [5.74, 6) is 0. The maximum Gasteiger partial charge on any atom is 0.102 e. The Labute approximate surface area is 83.5 Å². The molecule has 0 nitrogen and oxygen atoms in total. The molecule has 1 heterocycles. The van der Waals surface area contributed by atoms with Gasteiger partial charge in [-0.15, -0.1) is 0 Å². The van der Waals surface area contributed by atoms with Crippen LogP contribution in [0.1, 0.15) is 0 Å². The van der Waals surface area contributed by atoms with E-state index in [-0.39, 0.29) is 0 Å². The van der Waals surface area contributed by atoms with Gasteiger partial charge in [-0.3, -0.25) is 0 Å². The van der Waals surface area contributed by atoms with Crippen molar-refractivity contribution in [2.45, 2.75) is 0 Å². The summed E-state index contributed by atoms with van der Waals surface area (Å²) in [7, 11) is 3.37. The van der Waals surface area contributed by atoms with Crippen LogP contribution >= 0.6 is 32.9 Å². The Morgan fingerprint density at radius 3 is 2.50 bits per heavy atom. The van der Waals surface area contributed by atoms with E-state index in [1.807, 2.05) is 30.3 Å². The molecule has 1 radical (unpaired) electrons. The molecule has 0 bridgehead atoms. The molecule has 0 N–H and O–H groups in total. The van der Waals surface area contributed by atoms with Crippen LogP contribution in [0.15, 0.2) is 30.3 Å². The van der Waals surface area contributed by atoms with E-state index in [2.05, 4.69) is 6.07 Å². The average Bonchev–Trinajstić information content (AvgIpc) is 2.54. The second kappa shape index (κ2) is 3.47. The molecule has 0 aliphatic carbocycles. The molecule has 2 aromatic rings. The normalized spacial score (nSPS) is 10.0. The van der Waals surface area contributed by atoms with Gasteiger partial charge in [0.2, 0.25) is 0 Å². The third-order valence-corrected chi connectivity index (χ3v) is 4.38. The smallest absolute Gasteiger partial charge is 0.0786 e. The molecule has 59 valence electrons. The van der Waals surface area contributed by atoms with E-state index >= 15 is 0 Å². The minimum atomic E-state index is 0.961. The second-order valence-electron chi connectivity index (χ2n) is 2.28. The highest BCUT2D eigenvalue weighted by Crippen LogP contribution is 2.28. The monoisotopic (exact) mass is 209 g/mol. The van der Waals surface area contributed by atoms with Gasteiger partial charge >= 0.3 is 0 Å². The molecular weight excluding hydrogens is 204 g/mol. The molecule has 0 amide bonds. The molecule has 0 atom stereocenters. The Morgan fingerprint density at radius 1 is 1.17 bits per heavy atom. The Kier molecular flexibility index (Phi) is 2.35. The first-order valence-electron chi connectivity index (χ1n) is 3.43. The largest absolute Gasteiger partial charge is 0.102 e. The van der Waals surface area contributed by atoms with Crippen molar-refractivity contribution in [3.05, 3.63) is 40.2 Å². The summed E-state index contributed by atoms with van der Waals surface area (Å²) in [4.78, 5) is 1.25. The van der Waals surface area contributed by atoms with Crippen LogP contribution in [0.5, 0.6) is 0 Å². The second-order valence-corrected chi connectivity index (χ2v) is 5.19. The van der Waals surface area contributed by atoms with Crippen molar-refractivity contribution in [2.24, 2.45) is 0 Å². The highest BCUT2D eigenvalue weighted by molar-refractivity contribution is 7.80. The van der Waals surface area contributed by atoms with E-state index in [1.165, 1.54) is 10.4 Å². The SMILES string of the molecule is S=c1cc(-c2cc[c]cc2)ss1. The van der Waals surface area contributed by atoms with Gasteiger partial charge in [0.15, 0.2) is 0 Å². The van der Waals surface area contributed by atoms with Gasteiger partial charge in [-0.2, -0.15) is 0 Å². The Hall–Kier alpha value is -0.510. The lowest BCUT2D eigenvalue weighted by atomic mass is 10.2. The lowest BCUT2D eigenvalue weighted by molar-refractivity contribution is 1.68. The fraction of sp³-hybridized carbons (Fsp3) is 0. The van der Waals surface area contributed by atoms with Gasteiger partial charge in [-0.25, -0.2) is 0 Å². The van der Waals surface area contributed by atoms with Crippen LogP contribution in [0.25, 0.3) is 10.4 Å². The first-order valence-corrected chi connectivity index (χ1v) is 5.99. The van der Waals surface area contributed by atoms with E-state index in [4.69, 9.17) is 12.2 Å².